The highest BCUT2D eigenvalue weighted by atomic mass is 35.5. The van der Waals surface area contributed by atoms with E-state index in [9.17, 15) is 9.90 Å². The number of amides is 1. The molecule has 0 saturated carbocycles. The fraction of sp³-hybridized carbons (Fsp3) is 0.278. The number of nitrogens with zero attached hydrogens (tertiary/aromatic N) is 4. The number of benzene rings is 1. The summed E-state index contributed by atoms with van der Waals surface area (Å²) in [5, 5.41) is 18.2. The second-order valence-electron chi connectivity index (χ2n) is 6.04. The van der Waals surface area contributed by atoms with Gasteiger partial charge in [-0.05, 0) is 23.8 Å². The highest BCUT2D eigenvalue weighted by Crippen LogP contribution is 2.35. The van der Waals surface area contributed by atoms with E-state index in [1.54, 1.807) is 40.0 Å². The molecule has 3 aromatic rings. The Hall–Kier alpha value is -2.48. The molecule has 1 fully saturated rings. The first-order chi connectivity index (χ1) is 12.7. The molecule has 4 rings (SSSR count). The number of aliphatic hydroxyl groups is 1. The van der Waals surface area contributed by atoms with E-state index in [-0.39, 0.29) is 12.5 Å². The molecular weight excluding hydrogens is 356 g/mol. The molecule has 8 heteroatoms. The van der Waals surface area contributed by atoms with Gasteiger partial charge in [0.25, 0.3) is 5.91 Å². The molecule has 2 aromatic heterocycles. The van der Waals surface area contributed by atoms with Crippen LogP contribution in [0.1, 0.15) is 22.0 Å². The minimum absolute atomic E-state index is 0.199. The lowest BCUT2D eigenvalue weighted by Crippen LogP contribution is -2.49. The van der Waals surface area contributed by atoms with Crippen molar-refractivity contribution in [2.45, 2.75) is 12.1 Å². The molecule has 0 aliphatic carbocycles. The maximum atomic E-state index is 13.3. The predicted molar refractivity (Wildman–Crippen MR) is 95.0 cm³/mol. The van der Waals surface area contributed by atoms with E-state index in [0.29, 0.717) is 29.4 Å². The predicted octanol–water partition coefficient (Wildman–Crippen LogP) is 1.96. The fourth-order valence-electron chi connectivity index (χ4n) is 3.37. The minimum atomic E-state index is -0.551. The lowest BCUT2D eigenvalue weighted by molar-refractivity contribution is -0.0810. The molecule has 0 radical (unpaired) electrons. The molecule has 1 aliphatic heterocycles. The zero-order valence-electron chi connectivity index (χ0n) is 13.8. The third-order valence-corrected chi connectivity index (χ3v) is 4.91. The van der Waals surface area contributed by atoms with E-state index < -0.39 is 12.1 Å². The Labute approximate surface area is 154 Å². The van der Waals surface area contributed by atoms with E-state index in [0.717, 1.165) is 5.56 Å². The number of halogens is 1. The molecule has 1 N–H and O–H groups in total. The molecule has 1 saturated heterocycles. The standard InChI is InChI=1S/C18H17ClN4O3/c19-14-6-2-1-4-12(14)16-15(10-24)26-9-8-23(16)18(25)13-5-3-7-22-11-20-21-17(13)22/h1-7,11,15-16,24H,8-10H2/t15-,16-/m0/s1. The van der Waals surface area contributed by atoms with Gasteiger partial charge in [0.15, 0.2) is 5.65 Å². The fourth-order valence-corrected chi connectivity index (χ4v) is 3.62. The molecule has 134 valence electrons. The molecule has 1 aliphatic rings. The largest absolute Gasteiger partial charge is 0.394 e. The Morgan fingerprint density at radius 1 is 1.31 bits per heavy atom. The number of hydrogen-bond acceptors (Lipinski definition) is 5. The van der Waals surface area contributed by atoms with Crippen molar-refractivity contribution in [3.63, 3.8) is 0 Å². The average molecular weight is 373 g/mol. The van der Waals surface area contributed by atoms with Gasteiger partial charge in [0.2, 0.25) is 0 Å². The van der Waals surface area contributed by atoms with Crippen LogP contribution < -0.4 is 0 Å². The first-order valence-corrected chi connectivity index (χ1v) is 8.64. The van der Waals surface area contributed by atoms with Crippen molar-refractivity contribution in [2.24, 2.45) is 0 Å². The van der Waals surface area contributed by atoms with Crippen molar-refractivity contribution in [3.8, 4) is 0 Å². The number of carbonyl (C=O) groups is 1. The monoisotopic (exact) mass is 372 g/mol. The number of carbonyl (C=O) groups excluding carboxylic acids is 1. The lowest BCUT2D eigenvalue weighted by atomic mass is 9.97. The van der Waals surface area contributed by atoms with E-state index in [2.05, 4.69) is 10.2 Å². The highest BCUT2D eigenvalue weighted by molar-refractivity contribution is 6.31. The summed E-state index contributed by atoms with van der Waals surface area (Å²) >= 11 is 6.37. The molecule has 1 aromatic carbocycles. The van der Waals surface area contributed by atoms with Crippen molar-refractivity contribution in [2.75, 3.05) is 19.8 Å². The number of aromatic nitrogens is 3. The summed E-state index contributed by atoms with van der Waals surface area (Å²) in [6.45, 7) is 0.517. The Morgan fingerprint density at radius 2 is 2.15 bits per heavy atom. The van der Waals surface area contributed by atoms with Crippen molar-refractivity contribution in [3.05, 3.63) is 65.1 Å². The van der Waals surface area contributed by atoms with Crippen LogP contribution in [0.25, 0.3) is 5.65 Å². The van der Waals surface area contributed by atoms with Crippen molar-refractivity contribution < 1.29 is 14.6 Å². The number of pyridine rings is 1. The molecule has 0 unspecified atom stereocenters. The number of fused-ring (bicyclic) bond motifs is 1. The number of morpholine rings is 1. The third-order valence-electron chi connectivity index (χ3n) is 4.57. The summed E-state index contributed by atoms with van der Waals surface area (Å²) < 4.78 is 7.40. The van der Waals surface area contributed by atoms with Crippen LogP contribution in [0.2, 0.25) is 5.02 Å². The Bertz CT molecular complexity index is 945. The average Bonchev–Trinajstić information content (AvgIpc) is 3.16. The van der Waals surface area contributed by atoms with Crippen molar-refractivity contribution in [1.82, 2.24) is 19.5 Å². The summed E-state index contributed by atoms with van der Waals surface area (Å²) in [4.78, 5) is 15.0. The molecule has 1 amide bonds. The van der Waals surface area contributed by atoms with E-state index in [1.165, 1.54) is 0 Å². The van der Waals surface area contributed by atoms with E-state index in [1.807, 2.05) is 18.2 Å². The zero-order valence-corrected chi connectivity index (χ0v) is 14.6. The molecule has 26 heavy (non-hydrogen) atoms. The summed E-state index contributed by atoms with van der Waals surface area (Å²) in [5.74, 6) is -0.199. The maximum Gasteiger partial charge on any atom is 0.258 e. The summed E-state index contributed by atoms with van der Waals surface area (Å²) in [5.41, 5.74) is 1.68. The molecule has 0 spiro atoms. The number of hydrogen-bond donors (Lipinski definition) is 1. The topological polar surface area (TPSA) is 80.0 Å². The normalized spacial score (nSPS) is 20.5. The van der Waals surface area contributed by atoms with E-state index >= 15 is 0 Å². The summed E-state index contributed by atoms with van der Waals surface area (Å²) in [6.07, 6.45) is 2.78. The minimum Gasteiger partial charge on any atom is -0.394 e. The van der Waals surface area contributed by atoms with Crippen LogP contribution in [-0.2, 0) is 4.74 Å². The van der Waals surface area contributed by atoms with Crippen LogP contribution in [0.4, 0.5) is 0 Å². The highest BCUT2D eigenvalue weighted by Gasteiger charge is 2.38. The van der Waals surface area contributed by atoms with E-state index in [4.69, 9.17) is 16.3 Å². The lowest BCUT2D eigenvalue weighted by Gasteiger charge is -2.41. The Balaban J connectivity index is 1.78. The second kappa shape index (κ2) is 7.03. The van der Waals surface area contributed by atoms with Crippen LogP contribution >= 0.6 is 11.6 Å². The maximum absolute atomic E-state index is 13.3. The van der Waals surface area contributed by atoms with Crippen LogP contribution in [0, 0.1) is 0 Å². The van der Waals surface area contributed by atoms with Gasteiger partial charge in [-0.2, -0.15) is 0 Å². The summed E-state index contributed by atoms with van der Waals surface area (Å²) in [6, 6.07) is 10.3. The smallest absolute Gasteiger partial charge is 0.258 e. The van der Waals surface area contributed by atoms with Crippen molar-refractivity contribution in [1.29, 1.82) is 0 Å². The number of aliphatic hydroxyl groups excluding tert-OH is 1. The van der Waals surface area contributed by atoms with Gasteiger partial charge in [0.1, 0.15) is 12.4 Å². The number of ether oxygens (including phenoxy) is 1. The molecule has 7 nitrogen and oxygen atoms in total. The van der Waals surface area contributed by atoms with Crippen LogP contribution in [0.3, 0.4) is 0 Å². The molecule has 0 bridgehead atoms. The van der Waals surface area contributed by atoms with Gasteiger partial charge in [-0.15, -0.1) is 10.2 Å². The van der Waals surface area contributed by atoms with Gasteiger partial charge in [0, 0.05) is 17.8 Å². The molecular formula is C18H17ClN4O3. The van der Waals surface area contributed by atoms with Gasteiger partial charge in [0.05, 0.1) is 24.8 Å². The van der Waals surface area contributed by atoms with Crippen LogP contribution in [-0.4, -0.2) is 56.4 Å². The first kappa shape index (κ1) is 17.0. The van der Waals surface area contributed by atoms with Crippen LogP contribution in [0.5, 0.6) is 0 Å². The second-order valence-corrected chi connectivity index (χ2v) is 6.45. The van der Waals surface area contributed by atoms with Gasteiger partial charge in [-0.3, -0.25) is 9.20 Å². The quantitative estimate of drug-likeness (QED) is 0.760. The summed E-state index contributed by atoms with van der Waals surface area (Å²) in [7, 11) is 0. The molecule has 2 atom stereocenters. The Morgan fingerprint density at radius 3 is 2.96 bits per heavy atom. The number of rotatable bonds is 3. The molecule has 3 heterocycles. The Kier molecular flexibility index (Phi) is 4.58. The van der Waals surface area contributed by atoms with Gasteiger partial charge >= 0.3 is 0 Å². The first-order valence-electron chi connectivity index (χ1n) is 8.27. The van der Waals surface area contributed by atoms with Gasteiger partial charge in [-0.25, -0.2) is 0 Å². The SMILES string of the molecule is O=C(c1cccn2cnnc12)N1CCO[C@@H](CO)[C@@H]1c1ccccc1Cl. The van der Waals surface area contributed by atoms with Gasteiger partial charge in [-0.1, -0.05) is 29.8 Å². The third kappa shape index (κ3) is 2.84. The van der Waals surface area contributed by atoms with Crippen LogP contribution in [0.15, 0.2) is 48.9 Å². The zero-order chi connectivity index (χ0) is 18.1. The van der Waals surface area contributed by atoms with Crippen molar-refractivity contribution >= 4 is 23.2 Å². The van der Waals surface area contributed by atoms with Gasteiger partial charge < -0.3 is 14.7 Å².